The van der Waals surface area contributed by atoms with Crippen molar-refractivity contribution in [3.05, 3.63) is 56.7 Å². The highest BCUT2D eigenvalue weighted by atomic mass is 32.1. The average Bonchev–Trinajstić information content (AvgIpc) is 2.57. The van der Waals surface area contributed by atoms with E-state index in [0.29, 0.717) is 5.69 Å². The number of H-pyrrole nitrogens is 2. The minimum Gasteiger partial charge on any atom is -0.497 e. The number of benzene rings is 1. The predicted octanol–water partition coefficient (Wildman–Crippen LogP) is 2.11. The van der Waals surface area contributed by atoms with Crippen LogP contribution in [0.5, 0.6) is 5.75 Å². The van der Waals surface area contributed by atoms with Gasteiger partial charge in [0.05, 0.1) is 13.5 Å². The van der Waals surface area contributed by atoms with Crippen LogP contribution in [0.4, 0.5) is 0 Å². The Morgan fingerprint density at radius 3 is 2.64 bits per heavy atom. The van der Waals surface area contributed by atoms with Crippen molar-refractivity contribution < 1.29 is 9.53 Å². The summed E-state index contributed by atoms with van der Waals surface area (Å²) < 4.78 is 5.31. The molecule has 132 valence electrons. The van der Waals surface area contributed by atoms with Crippen molar-refractivity contribution in [2.24, 2.45) is 5.10 Å². The Bertz CT molecular complexity index is 840. The van der Waals surface area contributed by atoms with Gasteiger partial charge >= 0.3 is 0 Å². The number of aromatic nitrogens is 2. The highest BCUT2D eigenvalue weighted by Gasteiger charge is 2.04. The molecule has 0 aliphatic rings. The first-order valence-corrected chi connectivity index (χ1v) is 8.14. The largest absolute Gasteiger partial charge is 0.497 e. The lowest BCUT2D eigenvalue weighted by Gasteiger charge is -2.05. The predicted molar refractivity (Wildman–Crippen MR) is 98.5 cm³/mol. The topological polar surface area (TPSA) is 99.3 Å². The fourth-order valence-electron chi connectivity index (χ4n) is 2.16. The smallest absolute Gasteiger partial charge is 0.251 e. The van der Waals surface area contributed by atoms with Crippen LogP contribution in [0.3, 0.4) is 0 Å². The third-order valence-corrected chi connectivity index (χ3v) is 3.68. The number of carbonyl (C=O) groups excluding carboxylic acids is 1. The zero-order valence-electron chi connectivity index (χ0n) is 14.1. The zero-order chi connectivity index (χ0) is 18.2. The van der Waals surface area contributed by atoms with Gasteiger partial charge in [0.2, 0.25) is 5.91 Å². The molecular formula is C17H20N4O3S. The molecule has 1 aromatic carbocycles. The molecule has 7 nitrogen and oxygen atoms in total. The van der Waals surface area contributed by atoms with E-state index >= 15 is 0 Å². The van der Waals surface area contributed by atoms with Gasteiger partial charge < -0.3 is 9.72 Å². The second kappa shape index (κ2) is 8.93. The van der Waals surface area contributed by atoms with Crippen LogP contribution in [-0.4, -0.2) is 28.7 Å². The van der Waals surface area contributed by atoms with Gasteiger partial charge in [-0.05, 0) is 49.7 Å². The SMILES string of the molecule is COc1ccc(CC/C(C)=N\NC(=O)Cc2cc(=O)[nH]c(=S)[nH]2)cc1. The van der Waals surface area contributed by atoms with Crippen LogP contribution in [0.1, 0.15) is 24.6 Å². The maximum absolute atomic E-state index is 11.9. The van der Waals surface area contributed by atoms with E-state index in [4.69, 9.17) is 17.0 Å². The van der Waals surface area contributed by atoms with Crippen LogP contribution >= 0.6 is 12.2 Å². The highest BCUT2D eigenvalue weighted by Crippen LogP contribution is 2.12. The van der Waals surface area contributed by atoms with Crippen LogP contribution in [0.25, 0.3) is 0 Å². The minimum absolute atomic E-state index is 0.00280. The molecule has 1 heterocycles. The van der Waals surface area contributed by atoms with Crippen molar-refractivity contribution >= 4 is 23.8 Å². The van der Waals surface area contributed by atoms with Gasteiger partial charge in [0.15, 0.2) is 4.77 Å². The summed E-state index contributed by atoms with van der Waals surface area (Å²) >= 11 is 4.86. The maximum atomic E-state index is 11.9. The molecule has 0 radical (unpaired) electrons. The van der Waals surface area contributed by atoms with Crippen LogP contribution in [0, 0.1) is 4.77 Å². The number of ether oxygens (including phenoxy) is 1. The Morgan fingerprint density at radius 1 is 1.28 bits per heavy atom. The zero-order valence-corrected chi connectivity index (χ0v) is 14.9. The molecule has 0 unspecified atom stereocenters. The van der Waals surface area contributed by atoms with Crippen molar-refractivity contribution in [2.45, 2.75) is 26.2 Å². The minimum atomic E-state index is -0.342. The van der Waals surface area contributed by atoms with Crippen molar-refractivity contribution in [3.63, 3.8) is 0 Å². The first-order valence-electron chi connectivity index (χ1n) is 7.73. The first kappa shape index (κ1) is 18.6. The number of hydrogen-bond acceptors (Lipinski definition) is 5. The Labute approximate surface area is 150 Å². The summed E-state index contributed by atoms with van der Waals surface area (Å²) in [6, 6.07) is 9.12. The number of aryl methyl sites for hydroxylation is 1. The summed E-state index contributed by atoms with van der Waals surface area (Å²) in [5, 5.41) is 4.08. The third-order valence-electron chi connectivity index (χ3n) is 3.47. The number of carbonyl (C=O) groups is 1. The van der Waals surface area contributed by atoms with Crippen LogP contribution in [-0.2, 0) is 17.6 Å². The molecule has 2 aromatic rings. The number of hydrazone groups is 1. The quantitative estimate of drug-likeness (QED) is 0.400. The second-order valence-corrected chi connectivity index (χ2v) is 5.93. The molecule has 0 saturated carbocycles. The van der Waals surface area contributed by atoms with E-state index in [9.17, 15) is 9.59 Å². The van der Waals surface area contributed by atoms with Gasteiger partial charge in [-0.15, -0.1) is 0 Å². The van der Waals surface area contributed by atoms with Crippen molar-refractivity contribution in [1.82, 2.24) is 15.4 Å². The normalized spacial score (nSPS) is 11.2. The number of methoxy groups -OCH3 is 1. The van der Waals surface area contributed by atoms with E-state index in [2.05, 4.69) is 20.5 Å². The van der Waals surface area contributed by atoms with Crippen molar-refractivity contribution in [1.29, 1.82) is 0 Å². The monoisotopic (exact) mass is 360 g/mol. The molecule has 3 N–H and O–H groups in total. The summed E-state index contributed by atoms with van der Waals surface area (Å²) in [5.74, 6) is 0.500. The van der Waals surface area contributed by atoms with Crippen molar-refractivity contribution in [2.75, 3.05) is 7.11 Å². The number of rotatable bonds is 7. The molecule has 25 heavy (non-hydrogen) atoms. The van der Waals surface area contributed by atoms with Gasteiger partial charge in [-0.25, -0.2) is 5.43 Å². The number of amides is 1. The first-order chi connectivity index (χ1) is 12.0. The van der Waals surface area contributed by atoms with E-state index in [1.807, 2.05) is 31.2 Å². The Hall–Kier alpha value is -2.74. The van der Waals surface area contributed by atoms with Gasteiger partial charge in [0, 0.05) is 17.5 Å². The van der Waals surface area contributed by atoms with Crippen LogP contribution < -0.4 is 15.7 Å². The van der Waals surface area contributed by atoms with Crippen LogP contribution in [0.2, 0.25) is 0 Å². The molecule has 1 amide bonds. The van der Waals surface area contributed by atoms with Gasteiger partial charge in [-0.3, -0.25) is 14.6 Å². The molecule has 8 heteroatoms. The van der Waals surface area contributed by atoms with E-state index < -0.39 is 0 Å². The molecule has 0 aliphatic heterocycles. The van der Waals surface area contributed by atoms with E-state index in [0.717, 1.165) is 29.9 Å². The molecule has 0 aliphatic carbocycles. The maximum Gasteiger partial charge on any atom is 0.251 e. The van der Waals surface area contributed by atoms with Gasteiger partial charge in [-0.1, -0.05) is 12.1 Å². The summed E-state index contributed by atoms with van der Waals surface area (Å²) in [5.41, 5.74) is 4.56. The lowest BCUT2D eigenvalue weighted by molar-refractivity contribution is -0.120. The van der Waals surface area contributed by atoms with Gasteiger partial charge in [0.1, 0.15) is 5.75 Å². The van der Waals surface area contributed by atoms with Crippen LogP contribution in [0.15, 0.2) is 40.2 Å². The van der Waals surface area contributed by atoms with Crippen molar-refractivity contribution in [3.8, 4) is 5.75 Å². The highest BCUT2D eigenvalue weighted by molar-refractivity contribution is 7.71. The molecule has 0 bridgehead atoms. The molecule has 2 rings (SSSR count). The average molecular weight is 360 g/mol. The molecule has 1 aromatic heterocycles. The number of hydrogen-bond donors (Lipinski definition) is 3. The lowest BCUT2D eigenvalue weighted by Crippen LogP contribution is -2.22. The van der Waals surface area contributed by atoms with E-state index in [1.54, 1.807) is 7.11 Å². The summed E-state index contributed by atoms with van der Waals surface area (Å²) in [4.78, 5) is 28.4. The fraction of sp³-hybridized carbons (Fsp3) is 0.294. The second-order valence-electron chi connectivity index (χ2n) is 5.52. The van der Waals surface area contributed by atoms with E-state index in [-0.39, 0.29) is 22.7 Å². The summed E-state index contributed by atoms with van der Waals surface area (Å²) in [6.07, 6.45) is 1.54. The molecule has 0 saturated heterocycles. The fourth-order valence-corrected chi connectivity index (χ4v) is 2.39. The Kier molecular flexibility index (Phi) is 6.64. The number of aromatic amines is 2. The number of nitrogens with one attached hydrogen (secondary N) is 3. The Morgan fingerprint density at radius 2 is 2.00 bits per heavy atom. The molecular weight excluding hydrogens is 340 g/mol. The van der Waals surface area contributed by atoms with E-state index in [1.165, 1.54) is 6.07 Å². The molecule has 0 atom stereocenters. The lowest BCUT2D eigenvalue weighted by atomic mass is 10.1. The number of nitrogens with zero attached hydrogens (tertiary/aromatic N) is 1. The molecule has 0 fully saturated rings. The summed E-state index contributed by atoms with van der Waals surface area (Å²) in [7, 11) is 1.63. The molecule has 0 spiro atoms. The third kappa shape index (κ3) is 6.34. The van der Waals surface area contributed by atoms with Gasteiger partial charge in [0.25, 0.3) is 5.56 Å². The van der Waals surface area contributed by atoms with Gasteiger partial charge in [-0.2, -0.15) is 5.10 Å². The summed E-state index contributed by atoms with van der Waals surface area (Å²) in [6.45, 7) is 1.85. The standard InChI is InChI=1S/C17H20N4O3S/c1-11(3-4-12-5-7-14(24-2)8-6-12)20-21-16(23)10-13-9-15(22)19-17(25)18-13/h5-9H,3-4,10H2,1-2H3,(H,21,23)(H2,18,19,22,25)/b20-11-. The Balaban J connectivity index is 1.83.